The Morgan fingerprint density at radius 1 is 1.42 bits per heavy atom. The zero-order chi connectivity index (χ0) is 17.5. The first-order chi connectivity index (χ1) is 11.3. The molecule has 24 heavy (non-hydrogen) atoms. The fourth-order valence-electron chi connectivity index (χ4n) is 3.83. The van der Waals surface area contributed by atoms with Crippen molar-refractivity contribution in [2.24, 2.45) is 11.3 Å². The lowest BCUT2D eigenvalue weighted by molar-refractivity contribution is -0.131. The molecule has 0 bridgehead atoms. The van der Waals surface area contributed by atoms with Crippen molar-refractivity contribution in [3.05, 3.63) is 28.9 Å². The SMILES string of the molecule is CC(=O)N1CCC(C(C)(C)[C@H](O)c2cc(Cl)cc3cn[nH]c23)CC1. The lowest BCUT2D eigenvalue weighted by Gasteiger charge is -2.43. The molecule has 2 aromatic rings. The predicted octanol–water partition coefficient (Wildman–Crippen LogP) is 3.53. The quantitative estimate of drug-likeness (QED) is 0.890. The highest BCUT2D eigenvalue weighted by Gasteiger charge is 2.40. The molecule has 6 heteroatoms. The number of benzene rings is 1. The predicted molar refractivity (Wildman–Crippen MR) is 94.8 cm³/mol. The number of carbonyl (C=O) groups excluding carboxylic acids is 1. The molecule has 1 saturated heterocycles. The van der Waals surface area contributed by atoms with Crippen LogP contribution in [-0.2, 0) is 4.79 Å². The second-order valence-electron chi connectivity index (χ2n) is 7.33. The molecule has 3 rings (SSSR count). The molecule has 0 unspecified atom stereocenters. The number of rotatable bonds is 3. The number of nitrogens with zero attached hydrogens (tertiary/aromatic N) is 2. The molecule has 0 saturated carbocycles. The monoisotopic (exact) mass is 349 g/mol. The number of amides is 1. The third kappa shape index (κ3) is 3.03. The van der Waals surface area contributed by atoms with Gasteiger partial charge in [0.15, 0.2) is 0 Å². The molecular weight excluding hydrogens is 326 g/mol. The molecule has 0 spiro atoms. The van der Waals surface area contributed by atoms with E-state index >= 15 is 0 Å². The number of aromatic amines is 1. The maximum Gasteiger partial charge on any atom is 0.219 e. The standard InChI is InChI=1S/C18H24ClN3O2/c1-11(23)22-6-4-13(5-7-22)18(2,3)17(24)15-9-14(19)8-12-10-20-21-16(12)15/h8-10,13,17,24H,4-7H2,1-3H3,(H,20,21)/t17-/m1/s1. The third-order valence-electron chi connectivity index (χ3n) is 5.54. The number of likely N-dealkylation sites (tertiary alicyclic amines) is 1. The lowest BCUT2D eigenvalue weighted by Crippen LogP contribution is -2.42. The average molecular weight is 350 g/mol. The minimum atomic E-state index is -0.659. The summed E-state index contributed by atoms with van der Waals surface area (Å²) in [5.41, 5.74) is 1.29. The topological polar surface area (TPSA) is 69.2 Å². The number of aliphatic hydroxyl groups excluding tert-OH is 1. The van der Waals surface area contributed by atoms with E-state index in [0.29, 0.717) is 10.9 Å². The molecular formula is C18H24ClN3O2. The number of fused-ring (bicyclic) bond motifs is 1. The summed E-state index contributed by atoms with van der Waals surface area (Å²) in [6.07, 6.45) is 2.86. The summed E-state index contributed by atoms with van der Waals surface area (Å²) in [6, 6.07) is 3.66. The lowest BCUT2D eigenvalue weighted by atomic mass is 9.68. The highest BCUT2D eigenvalue weighted by Crippen LogP contribution is 2.46. The Balaban J connectivity index is 1.86. The first-order valence-electron chi connectivity index (χ1n) is 8.37. The second kappa shape index (κ2) is 6.37. The molecule has 1 aliphatic heterocycles. The maximum atomic E-state index is 11.5. The number of piperidine rings is 1. The van der Waals surface area contributed by atoms with Gasteiger partial charge < -0.3 is 10.0 Å². The molecule has 0 aliphatic carbocycles. The van der Waals surface area contributed by atoms with Crippen LogP contribution in [0.3, 0.4) is 0 Å². The van der Waals surface area contributed by atoms with E-state index in [0.717, 1.165) is 42.4 Å². The van der Waals surface area contributed by atoms with E-state index in [2.05, 4.69) is 24.0 Å². The van der Waals surface area contributed by atoms with Crippen LogP contribution in [0.4, 0.5) is 0 Å². The number of halogens is 1. The van der Waals surface area contributed by atoms with Gasteiger partial charge in [0.25, 0.3) is 0 Å². The van der Waals surface area contributed by atoms with Crippen LogP contribution in [0.15, 0.2) is 18.3 Å². The Morgan fingerprint density at radius 3 is 2.71 bits per heavy atom. The Labute approximate surface area is 147 Å². The van der Waals surface area contributed by atoms with Crippen LogP contribution in [0.2, 0.25) is 5.02 Å². The minimum Gasteiger partial charge on any atom is -0.388 e. The Hall–Kier alpha value is -1.59. The van der Waals surface area contributed by atoms with Crippen LogP contribution in [0.1, 0.15) is 45.3 Å². The summed E-state index contributed by atoms with van der Waals surface area (Å²) in [6.45, 7) is 7.31. The number of aliphatic hydroxyl groups is 1. The van der Waals surface area contributed by atoms with E-state index < -0.39 is 6.10 Å². The summed E-state index contributed by atoms with van der Waals surface area (Å²) in [5.74, 6) is 0.459. The largest absolute Gasteiger partial charge is 0.388 e. The smallest absolute Gasteiger partial charge is 0.219 e. The number of hydrogen-bond acceptors (Lipinski definition) is 3. The van der Waals surface area contributed by atoms with Crippen LogP contribution in [0.5, 0.6) is 0 Å². The second-order valence-corrected chi connectivity index (χ2v) is 7.77. The molecule has 2 heterocycles. The summed E-state index contributed by atoms with van der Waals surface area (Å²) in [4.78, 5) is 13.4. The number of H-pyrrole nitrogens is 1. The van der Waals surface area contributed by atoms with Gasteiger partial charge in [-0.1, -0.05) is 25.4 Å². The summed E-state index contributed by atoms with van der Waals surface area (Å²) < 4.78 is 0. The number of hydrogen-bond donors (Lipinski definition) is 2. The van der Waals surface area contributed by atoms with Crippen molar-refractivity contribution in [1.29, 1.82) is 0 Å². The van der Waals surface area contributed by atoms with E-state index in [9.17, 15) is 9.90 Å². The van der Waals surface area contributed by atoms with Gasteiger partial charge in [0.1, 0.15) is 0 Å². The fraction of sp³-hybridized carbons (Fsp3) is 0.556. The van der Waals surface area contributed by atoms with Gasteiger partial charge in [-0.2, -0.15) is 5.10 Å². The van der Waals surface area contributed by atoms with Crippen LogP contribution in [0.25, 0.3) is 10.9 Å². The minimum absolute atomic E-state index is 0.126. The zero-order valence-corrected chi connectivity index (χ0v) is 15.1. The molecule has 5 nitrogen and oxygen atoms in total. The molecule has 1 fully saturated rings. The Bertz CT molecular complexity index is 748. The van der Waals surface area contributed by atoms with Crippen molar-refractivity contribution in [3.63, 3.8) is 0 Å². The molecule has 1 aromatic heterocycles. The van der Waals surface area contributed by atoms with Gasteiger partial charge in [-0.05, 0) is 36.3 Å². The van der Waals surface area contributed by atoms with Gasteiger partial charge in [0, 0.05) is 36.0 Å². The van der Waals surface area contributed by atoms with Crippen molar-refractivity contribution < 1.29 is 9.90 Å². The number of aromatic nitrogens is 2. The molecule has 1 aliphatic rings. The first kappa shape index (κ1) is 17.2. The number of carbonyl (C=O) groups is 1. The van der Waals surface area contributed by atoms with Crippen molar-refractivity contribution in [1.82, 2.24) is 15.1 Å². The number of nitrogens with one attached hydrogen (secondary N) is 1. The van der Waals surface area contributed by atoms with Crippen LogP contribution >= 0.6 is 11.6 Å². The normalized spacial score (nSPS) is 18.1. The van der Waals surface area contributed by atoms with Crippen LogP contribution in [0, 0.1) is 11.3 Å². The highest BCUT2D eigenvalue weighted by molar-refractivity contribution is 6.31. The van der Waals surface area contributed by atoms with E-state index in [-0.39, 0.29) is 11.3 Å². The van der Waals surface area contributed by atoms with Crippen molar-refractivity contribution in [2.45, 2.75) is 39.7 Å². The van der Waals surface area contributed by atoms with Gasteiger partial charge >= 0.3 is 0 Å². The fourth-order valence-corrected chi connectivity index (χ4v) is 4.06. The Morgan fingerprint density at radius 2 is 2.08 bits per heavy atom. The molecule has 130 valence electrons. The van der Waals surface area contributed by atoms with E-state index in [4.69, 9.17) is 11.6 Å². The molecule has 1 amide bonds. The van der Waals surface area contributed by atoms with E-state index in [1.165, 1.54) is 0 Å². The van der Waals surface area contributed by atoms with Crippen molar-refractivity contribution in [3.8, 4) is 0 Å². The van der Waals surface area contributed by atoms with Gasteiger partial charge in [-0.3, -0.25) is 9.89 Å². The van der Waals surface area contributed by atoms with Crippen molar-refractivity contribution >= 4 is 28.4 Å². The van der Waals surface area contributed by atoms with Gasteiger partial charge in [-0.25, -0.2) is 0 Å². The molecule has 2 N–H and O–H groups in total. The molecule has 0 radical (unpaired) electrons. The maximum absolute atomic E-state index is 11.5. The van der Waals surface area contributed by atoms with Gasteiger partial charge in [-0.15, -0.1) is 0 Å². The zero-order valence-electron chi connectivity index (χ0n) is 14.3. The average Bonchev–Trinajstić information content (AvgIpc) is 3.01. The third-order valence-corrected chi connectivity index (χ3v) is 5.75. The first-order valence-corrected chi connectivity index (χ1v) is 8.74. The van der Waals surface area contributed by atoms with Crippen LogP contribution < -0.4 is 0 Å². The summed E-state index contributed by atoms with van der Waals surface area (Å²) in [7, 11) is 0. The van der Waals surface area contributed by atoms with E-state index in [1.807, 2.05) is 17.0 Å². The van der Waals surface area contributed by atoms with E-state index in [1.54, 1.807) is 13.1 Å². The molecule has 1 atom stereocenters. The van der Waals surface area contributed by atoms with Crippen LogP contribution in [-0.4, -0.2) is 39.2 Å². The van der Waals surface area contributed by atoms with Gasteiger partial charge in [0.2, 0.25) is 5.91 Å². The van der Waals surface area contributed by atoms with Gasteiger partial charge in [0.05, 0.1) is 17.8 Å². The van der Waals surface area contributed by atoms with Crippen molar-refractivity contribution in [2.75, 3.05) is 13.1 Å². The summed E-state index contributed by atoms with van der Waals surface area (Å²) in [5, 5.41) is 19.7. The summed E-state index contributed by atoms with van der Waals surface area (Å²) >= 11 is 6.22. The molecule has 1 aromatic carbocycles. The Kier molecular flexibility index (Phi) is 4.58. The highest BCUT2D eigenvalue weighted by atomic mass is 35.5.